The Morgan fingerprint density at radius 1 is 1.06 bits per heavy atom. The maximum atomic E-state index is 11.8. The maximum Gasteiger partial charge on any atom is 0.308 e. The second kappa shape index (κ2) is 7.60. The summed E-state index contributed by atoms with van der Waals surface area (Å²) in [5.74, 6) is 1.33. The lowest BCUT2D eigenvalue weighted by atomic mass is 9.48. The average Bonchev–Trinajstić information content (AvgIpc) is 2.72. The van der Waals surface area contributed by atoms with Crippen LogP contribution in [0.4, 0.5) is 0 Å². The van der Waals surface area contributed by atoms with Gasteiger partial charge in [0.25, 0.3) is 0 Å². The molecule has 2 aromatic rings. The Morgan fingerprint density at radius 2 is 1.87 bits per heavy atom. The third-order valence-electron chi connectivity index (χ3n) is 8.46. The first-order chi connectivity index (χ1) is 14.8. The third kappa shape index (κ3) is 3.48. The molecule has 31 heavy (non-hydrogen) atoms. The Kier molecular flexibility index (Phi) is 5.14. The summed E-state index contributed by atoms with van der Waals surface area (Å²) in [4.78, 5) is 11.8. The van der Waals surface area contributed by atoms with Crippen molar-refractivity contribution in [2.45, 2.75) is 72.2 Å². The van der Waals surface area contributed by atoms with E-state index in [1.165, 1.54) is 32.6 Å². The Hall–Kier alpha value is -1.91. The van der Waals surface area contributed by atoms with Crippen LogP contribution in [0.2, 0.25) is 0 Å². The molecule has 1 saturated heterocycles. The van der Waals surface area contributed by atoms with Crippen LogP contribution in [-0.2, 0) is 14.3 Å². The van der Waals surface area contributed by atoms with E-state index in [4.69, 9.17) is 14.2 Å². The zero-order chi connectivity index (χ0) is 21.8. The number of hydrogen-bond donors (Lipinski definition) is 0. The maximum absolute atomic E-state index is 11.8. The van der Waals surface area contributed by atoms with Crippen molar-refractivity contribution in [3.8, 4) is 5.75 Å². The molecule has 5 atom stereocenters. The molecule has 166 valence electrons. The molecule has 0 amide bonds. The molecule has 0 bridgehead atoms. The third-order valence-corrected chi connectivity index (χ3v) is 8.46. The highest BCUT2D eigenvalue weighted by Crippen LogP contribution is 2.61. The van der Waals surface area contributed by atoms with E-state index >= 15 is 0 Å². The molecule has 1 aliphatic heterocycles. The molecule has 2 saturated carbocycles. The lowest BCUT2D eigenvalue weighted by Crippen LogP contribution is -2.57. The van der Waals surface area contributed by atoms with Gasteiger partial charge in [-0.05, 0) is 59.3 Å². The van der Waals surface area contributed by atoms with Crippen LogP contribution in [0.15, 0.2) is 36.4 Å². The highest BCUT2D eigenvalue weighted by Gasteiger charge is 2.56. The van der Waals surface area contributed by atoms with Gasteiger partial charge in [-0.25, -0.2) is 0 Å². The molecule has 1 unspecified atom stereocenters. The largest absolute Gasteiger partial charge is 0.426 e. The number of rotatable bonds is 2. The Balaban J connectivity index is 1.48. The van der Waals surface area contributed by atoms with Gasteiger partial charge < -0.3 is 14.2 Å². The van der Waals surface area contributed by atoms with Crippen LogP contribution in [0.25, 0.3) is 10.8 Å². The highest BCUT2D eigenvalue weighted by atomic mass is 16.7. The standard InChI is InChI=1S/C27H34O4/c1-17(28)30-22-11-10-18-8-5-6-9-19(18)24(22)25-29-16-20-21(31-25)12-13-23-26(2,3)14-7-15-27(20,23)4/h5-6,8-11,20-21,23,25H,7,12-16H2,1-4H3/t20-,21-,23?,25+,27+/m0/s1. The van der Waals surface area contributed by atoms with Gasteiger partial charge in [0.1, 0.15) is 5.75 Å². The van der Waals surface area contributed by atoms with Crippen molar-refractivity contribution in [2.75, 3.05) is 6.61 Å². The minimum Gasteiger partial charge on any atom is -0.426 e. The van der Waals surface area contributed by atoms with E-state index in [1.54, 1.807) is 0 Å². The molecule has 2 aromatic carbocycles. The molecule has 4 nitrogen and oxygen atoms in total. The summed E-state index contributed by atoms with van der Waals surface area (Å²) in [6, 6.07) is 12.0. The molecular weight excluding hydrogens is 388 g/mol. The van der Waals surface area contributed by atoms with E-state index in [0.29, 0.717) is 29.6 Å². The molecule has 0 aromatic heterocycles. The number of esters is 1. The second-order valence-electron chi connectivity index (χ2n) is 10.7. The molecule has 2 aliphatic carbocycles. The first kappa shape index (κ1) is 21.0. The molecular formula is C27H34O4. The number of benzene rings is 2. The second-order valence-corrected chi connectivity index (χ2v) is 10.7. The molecule has 0 spiro atoms. The fourth-order valence-corrected chi connectivity index (χ4v) is 7.05. The number of ether oxygens (including phenoxy) is 3. The lowest BCUT2D eigenvalue weighted by Gasteiger charge is -2.60. The van der Waals surface area contributed by atoms with Gasteiger partial charge in [-0.15, -0.1) is 0 Å². The predicted octanol–water partition coefficient (Wildman–Crippen LogP) is 6.42. The van der Waals surface area contributed by atoms with Crippen LogP contribution in [-0.4, -0.2) is 18.7 Å². The van der Waals surface area contributed by atoms with Crippen LogP contribution < -0.4 is 4.74 Å². The molecule has 0 radical (unpaired) electrons. The van der Waals surface area contributed by atoms with Crippen molar-refractivity contribution in [1.29, 1.82) is 0 Å². The average molecular weight is 423 g/mol. The van der Waals surface area contributed by atoms with Gasteiger partial charge in [0.05, 0.1) is 18.3 Å². The lowest BCUT2D eigenvalue weighted by molar-refractivity contribution is -0.285. The molecule has 5 rings (SSSR count). The Morgan fingerprint density at radius 3 is 2.68 bits per heavy atom. The van der Waals surface area contributed by atoms with E-state index in [0.717, 1.165) is 22.8 Å². The summed E-state index contributed by atoms with van der Waals surface area (Å²) in [7, 11) is 0. The van der Waals surface area contributed by atoms with Crippen LogP contribution >= 0.6 is 0 Å². The van der Waals surface area contributed by atoms with E-state index in [1.807, 2.05) is 24.3 Å². The molecule has 1 heterocycles. The van der Waals surface area contributed by atoms with Gasteiger partial charge in [0.15, 0.2) is 6.29 Å². The van der Waals surface area contributed by atoms with Crippen molar-refractivity contribution in [1.82, 2.24) is 0 Å². The van der Waals surface area contributed by atoms with Crippen LogP contribution in [0.3, 0.4) is 0 Å². The highest BCUT2D eigenvalue weighted by molar-refractivity contribution is 5.89. The number of carbonyl (C=O) groups excluding carboxylic acids is 1. The molecule has 4 heteroatoms. The number of hydrogen-bond acceptors (Lipinski definition) is 4. The van der Waals surface area contributed by atoms with E-state index in [-0.39, 0.29) is 17.5 Å². The van der Waals surface area contributed by atoms with Gasteiger partial charge >= 0.3 is 5.97 Å². The summed E-state index contributed by atoms with van der Waals surface area (Å²) >= 11 is 0. The topological polar surface area (TPSA) is 44.8 Å². The zero-order valence-electron chi connectivity index (χ0n) is 19.1. The summed E-state index contributed by atoms with van der Waals surface area (Å²) in [5, 5.41) is 2.11. The predicted molar refractivity (Wildman–Crippen MR) is 121 cm³/mol. The monoisotopic (exact) mass is 422 g/mol. The van der Waals surface area contributed by atoms with Crippen LogP contribution in [0, 0.1) is 22.7 Å². The van der Waals surface area contributed by atoms with Gasteiger partial charge in [-0.3, -0.25) is 4.79 Å². The summed E-state index contributed by atoms with van der Waals surface area (Å²) in [6.45, 7) is 9.50. The summed E-state index contributed by atoms with van der Waals surface area (Å²) in [6.07, 6.45) is 5.80. The molecule has 3 fully saturated rings. The van der Waals surface area contributed by atoms with Crippen molar-refractivity contribution < 1.29 is 19.0 Å². The van der Waals surface area contributed by atoms with Crippen molar-refractivity contribution >= 4 is 16.7 Å². The first-order valence-electron chi connectivity index (χ1n) is 11.8. The van der Waals surface area contributed by atoms with E-state index in [9.17, 15) is 4.79 Å². The van der Waals surface area contributed by atoms with Gasteiger partial charge in [-0.1, -0.05) is 57.5 Å². The quantitative estimate of drug-likeness (QED) is 0.414. The SMILES string of the molecule is CC(=O)Oc1ccc2ccccc2c1[C@@H]1OC[C@H]2[C@H](CCC3C(C)(C)CCC[C@@]32C)O1. The van der Waals surface area contributed by atoms with Gasteiger partial charge in [-0.2, -0.15) is 0 Å². The normalized spacial score (nSPS) is 34.6. The minimum absolute atomic E-state index is 0.179. The van der Waals surface area contributed by atoms with Gasteiger partial charge in [0.2, 0.25) is 0 Å². The number of carbonyl (C=O) groups is 1. The summed E-state index contributed by atoms with van der Waals surface area (Å²) < 4.78 is 18.7. The van der Waals surface area contributed by atoms with E-state index in [2.05, 4.69) is 32.9 Å². The summed E-state index contributed by atoms with van der Waals surface area (Å²) in [5.41, 5.74) is 1.48. The van der Waals surface area contributed by atoms with E-state index < -0.39 is 6.29 Å². The number of fused-ring (bicyclic) bond motifs is 4. The molecule has 0 N–H and O–H groups in total. The first-order valence-corrected chi connectivity index (χ1v) is 11.8. The van der Waals surface area contributed by atoms with Crippen LogP contribution in [0.5, 0.6) is 5.75 Å². The fraction of sp³-hybridized carbons (Fsp3) is 0.593. The Bertz CT molecular complexity index is 996. The van der Waals surface area contributed by atoms with Crippen molar-refractivity contribution in [3.63, 3.8) is 0 Å². The minimum atomic E-state index is -0.515. The Labute approximate surface area is 185 Å². The van der Waals surface area contributed by atoms with Crippen molar-refractivity contribution in [3.05, 3.63) is 42.0 Å². The van der Waals surface area contributed by atoms with Crippen molar-refractivity contribution in [2.24, 2.45) is 22.7 Å². The van der Waals surface area contributed by atoms with Gasteiger partial charge in [0, 0.05) is 12.8 Å². The molecule has 3 aliphatic rings. The zero-order valence-corrected chi connectivity index (χ0v) is 19.1. The fourth-order valence-electron chi connectivity index (χ4n) is 7.05. The smallest absolute Gasteiger partial charge is 0.308 e. The van der Waals surface area contributed by atoms with Crippen LogP contribution in [0.1, 0.15) is 71.7 Å².